The van der Waals surface area contributed by atoms with Crippen LogP contribution in [-0.4, -0.2) is 64.5 Å². The number of aromatic nitrogens is 1. The highest BCUT2D eigenvalue weighted by molar-refractivity contribution is 7.09. The van der Waals surface area contributed by atoms with Gasteiger partial charge in [0.15, 0.2) is 0 Å². The average molecular weight is 699 g/mol. The lowest BCUT2D eigenvalue weighted by molar-refractivity contribution is -0.123. The van der Waals surface area contributed by atoms with Crippen LogP contribution in [0.5, 0.6) is 0 Å². The first-order valence-corrected chi connectivity index (χ1v) is 17.5. The Morgan fingerprint density at radius 3 is 2.22 bits per heavy atom. The van der Waals surface area contributed by atoms with Gasteiger partial charge in [0.2, 0.25) is 5.91 Å². The maximum Gasteiger partial charge on any atom is 0.411 e. The first kappa shape index (κ1) is 37.7. The third kappa shape index (κ3) is 11.8. The summed E-state index contributed by atoms with van der Waals surface area (Å²) < 4.78 is 5.37. The maximum atomic E-state index is 13.8. The summed E-state index contributed by atoms with van der Waals surface area (Å²) in [5.74, 6) is -0.367. The molecule has 1 aliphatic heterocycles. The van der Waals surface area contributed by atoms with Crippen LogP contribution in [0, 0.1) is 11.8 Å². The van der Waals surface area contributed by atoms with E-state index < -0.39 is 30.2 Å². The molecule has 1 aliphatic rings. The summed E-state index contributed by atoms with van der Waals surface area (Å²) in [4.78, 5) is 50.8. The fraction of sp³-hybridized carbons (Fsp3) is 0.342. The number of nitrogens with one attached hydrogen (secondary N) is 3. The van der Waals surface area contributed by atoms with Gasteiger partial charge in [0.05, 0.1) is 34.4 Å². The summed E-state index contributed by atoms with van der Waals surface area (Å²) in [5, 5.41) is 20.1. The van der Waals surface area contributed by atoms with Gasteiger partial charge in [0.1, 0.15) is 12.6 Å². The Labute approximate surface area is 297 Å². The molecule has 0 aliphatic carbocycles. The Morgan fingerprint density at radius 2 is 1.64 bits per heavy atom. The molecule has 2 atom stereocenters. The van der Waals surface area contributed by atoms with E-state index >= 15 is 0 Å². The molecule has 0 fully saturated rings. The fourth-order valence-corrected chi connectivity index (χ4v) is 5.56. The molecule has 2 aromatic carbocycles. The number of carbonyl (C=O) groups is 3. The number of urea groups is 1. The molecule has 50 heavy (non-hydrogen) atoms. The second-order valence-electron chi connectivity index (χ2n) is 12.7. The number of aliphatic hydroxyl groups excluding tert-OH is 1. The predicted octanol–water partition coefficient (Wildman–Crippen LogP) is 6.37. The lowest BCUT2D eigenvalue weighted by Gasteiger charge is -2.26. The van der Waals surface area contributed by atoms with Crippen molar-refractivity contribution in [3.8, 4) is 0 Å². The molecule has 1 aromatic heterocycles. The minimum atomic E-state index is -1.25. The number of hydrogen-bond donors (Lipinski definition) is 4. The van der Waals surface area contributed by atoms with Crippen LogP contribution in [0.4, 0.5) is 9.59 Å². The molecule has 0 saturated heterocycles. The largest absolute Gasteiger partial charge is 0.444 e. The lowest BCUT2D eigenvalue weighted by atomic mass is 10.0. The lowest BCUT2D eigenvalue weighted by Crippen LogP contribution is -2.53. The second-order valence-corrected chi connectivity index (χ2v) is 13.6. The number of aliphatic hydroxyl groups is 1. The molecule has 4 rings (SSSR count). The van der Waals surface area contributed by atoms with Gasteiger partial charge in [0.25, 0.3) is 0 Å². The zero-order valence-corrected chi connectivity index (χ0v) is 29.9. The van der Waals surface area contributed by atoms with Crippen LogP contribution in [-0.2, 0) is 16.1 Å². The van der Waals surface area contributed by atoms with E-state index in [4.69, 9.17) is 4.74 Å². The van der Waals surface area contributed by atoms with Crippen LogP contribution in [0.15, 0.2) is 101 Å². The minimum absolute atomic E-state index is 0.0295. The van der Waals surface area contributed by atoms with Crippen molar-refractivity contribution in [2.75, 3.05) is 13.6 Å². The normalized spacial score (nSPS) is 14.5. The average Bonchev–Trinajstić information content (AvgIpc) is 3.79. The van der Waals surface area contributed by atoms with Gasteiger partial charge >= 0.3 is 12.1 Å². The summed E-state index contributed by atoms with van der Waals surface area (Å²) in [6.45, 7) is 8.22. The van der Waals surface area contributed by atoms with E-state index in [-0.39, 0.29) is 24.6 Å². The van der Waals surface area contributed by atoms with E-state index in [9.17, 15) is 19.5 Å². The molecule has 0 unspecified atom stereocenters. The standard InChI is InChI=1S/C38H46N6O5S/c1-25(2)32-17-16-29(40-32)22-44(5)37(47)43-35(26(3)4)36(46)41-30(18-27-12-8-6-9-13-27)20-34(45)33(19-28-14-10-7-11-15-28)42-38(48)49-23-31-21-39-24-50-31/h6-16,18-19,21,24-26,34-35,45H,17,20,22-23H2,1-5H3,(H,41,46)(H,42,48)(H,43,47)/b30-18-,33-19+/t34-,35-/m0/s1. The van der Waals surface area contributed by atoms with Gasteiger partial charge in [-0.3, -0.25) is 20.1 Å². The number of carbonyl (C=O) groups excluding carboxylic acids is 3. The van der Waals surface area contributed by atoms with Crippen molar-refractivity contribution in [3.05, 3.63) is 112 Å². The fourth-order valence-electron chi connectivity index (χ4n) is 5.05. The van der Waals surface area contributed by atoms with Gasteiger partial charge in [0, 0.05) is 37.5 Å². The molecule has 0 bridgehead atoms. The van der Waals surface area contributed by atoms with Crippen molar-refractivity contribution in [2.24, 2.45) is 16.8 Å². The number of likely N-dealkylation sites (N-methyl/N-ethyl adjacent to an activating group) is 1. The molecule has 0 saturated carbocycles. The van der Waals surface area contributed by atoms with Crippen molar-refractivity contribution in [1.82, 2.24) is 25.8 Å². The smallest absolute Gasteiger partial charge is 0.411 e. The van der Waals surface area contributed by atoms with Crippen molar-refractivity contribution in [3.63, 3.8) is 0 Å². The summed E-state index contributed by atoms with van der Waals surface area (Å²) in [6, 6.07) is 17.3. The zero-order chi connectivity index (χ0) is 36.0. The van der Waals surface area contributed by atoms with Crippen molar-refractivity contribution in [2.45, 2.75) is 59.3 Å². The van der Waals surface area contributed by atoms with Crippen LogP contribution >= 0.6 is 11.3 Å². The third-order valence-electron chi connectivity index (χ3n) is 7.87. The Hall–Kier alpha value is -5.07. The van der Waals surface area contributed by atoms with E-state index in [2.05, 4.69) is 39.8 Å². The molecule has 0 radical (unpaired) electrons. The summed E-state index contributed by atoms with van der Waals surface area (Å²) in [6.07, 6.45) is 5.75. The van der Waals surface area contributed by atoms with Crippen LogP contribution < -0.4 is 16.0 Å². The van der Waals surface area contributed by atoms with Crippen LogP contribution in [0.25, 0.3) is 12.2 Å². The second kappa shape index (κ2) is 18.6. The highest BCUT2D eigenvalue weighted by Crippen LogP contribution is 2.19. The quantitative estimate of drug-likeness (QED) is 0.145. The zero-order valence-electron chi connectivity index (χ0n) is 29.1. The van der Waals surface area contributed by atoms with Crippen molar-refractivity contribution >= 4 is 47.2 Å². The molecule has 11 nitrogen and oxygen atoms in total. The maximum absolute atomic E-state index is 13.8. The van der Waals surface area contributed by atoms with Crippen molar-refractivity contribution < 1.29 is 24.2 Å². The number of allylic oxidation sites excluding steroid dienone is 1. The van der Waals surface area contributed by atoms with E-state index in [0.29, 0.717) is 18.2 Å². The summed E-state index contributed by atoms with van der Waals surface area (Å²) in [5.41, 5.74) is 5.64. The number of benzene rings is 2. The molecular formula is C38H46N6O5S. The number of rotatable bonds is 15. The molecule has 0 spiro atoms. The van der Waals surface area contributed by atoms with Crippen LogP contribution in [0.1, 0.15) is 56.5 Å². The van der Waals surface area contributed by atoms with Gasteiger partial charge in [-0.05, 0) is 35.1 Å². The highest BCUT2D eigenvalue weighted by Gasteiger charge is 2.28. The number of aliphatic imine (C=N–C) groups is 1. The van der Waals surface area contributed by atoms with Gasteiger partial charge in [-0.2, -0.15) is 0 Å². The monoisotopic (exact) mass is 698 g/mol. The molecule has 4 N–H and O–H groups in total. The van der Waals surface area contributed by atoms with E-state index in [1.807, 2.05) is 80.6 Å². The molecule has 3 aromatic rings. The number of hydrogen-bond acceptors (Lipinski definition) is 8. The first-order chi connectivity index (χ1) is 24.0. The van der Waals surface area contributed by atoms with Gasteiger partial charge in [-0.1, -0.05) is 94.4 Å². The van der Waals surface area contributed by atoms with Gasteiger partial charge in [-0.25, -0.2) is 9.59 Å². The van der Waals surface area contributed by atoms with Crippen LogP contribution in [0.3, 0.4) is 0 Å². The molecule has 12 heteroatoms. The SMILES string of the molecule is CC(C)C1=NC(CN(C)C(=O)N[C@H](C(=O)N/C(=C\c2ccccc2)C[C@H](O)/C(=C\c2ccccc2)NC(=O)OCc2cncs2)C(C)C)=CC1. The summed E-state index contributed by atoms with van der Waals surface area (Å²) >= 11 is 1.36. The molecule has 264 valence electrons. The molecular weight excluding hydrogens is 653 g/mol. The van der Waals surface area contributed by atoms with E-state index in [1.165, 1.54) is 16.2 Å². The predicted molar refractivity (Wildman–Crippen MR) is 198 cm³/mol. The summed E-state index contributed by atoms with van der Waals surface area (Å²) in [7, 11) is 1.67. The highest BCUT2D eigenvalue weighted by atomic mass is 32.1. The number of nitrogens with zero attached hydrogens (tertiary/aromatic N) is 3. The number of alkyl carbamates (subject to hydrolysis) is 1. The molecule has 4 amide bonds. The Morgan fingerprint density at radius 1 is 0.980 bits per heavy atom. The van der Waals surface area contributed by atoms with Crippen molar-refractivity contribution in [1.29, 1.82) is 0 Å². The number of amides is 4. The first-order valence-electron chi connectivity index (χ1n) is 16.6. The number of thiazole rings is 1. The van der Waals surface area contributed by atoms with E-state index in [0.717, 1.165) is 33.8 Å². The topological polar surface area (TPSA) is 145 Å². The number of ether oxygens (including phenoxy) is 1. The van der Waals surface area contributed by atoms with E-state index in [1.54, 1.807) is 30.9 Å². The van der Waals surface area contributed by atoms with Gasteiger partial charge in [-0.15, -0.1) is 11.3 Å². The Kier molecular flexibility index (Phi) is 14.1. The minimum Gasteiger partial charge on any atom is -0.444 e. The Bertz CT molecular complexity index is 1700. The van der Waals surface area contributed by atoms with Crippen LogP contribution in [0.2, 0.25) is 0 Å². The Balaban J connectivity index is 1.51. The third-order valence-corrected chi connectivity index (χ3v) is 8.62. The van der Waals surface area contributed by atoms with Gasteiger partial charge < -0.3 is 25.4 Å². The molecule has 2 heterocycles.